The van der Waals surface area contributed by atoms with Crippen LogP contribution in [-0.2, 0) is 16.0 Å². The highest BCUT2D eigenvalue weighted by atomic mass is 19.1. The first kappa shape index (κ1) is 19.5. The largest absolute Gasteiger partial charge is 0.352 e. The van der Waals surface area contributed by atoms with Crippen molar-refractivity contribution in [3.8, 4) is 0 Å². The van der Waals surface area contributed by atoms with Crippen molar-refractivity contribution < 1.29 is 14.0 Å². The zero-order valence-electron chi connectivity index (χ0n) is 15.3. The Kier molecular flexibility index (Phi) is 6.37. The van der Waals surface area contributed by atoms with Gasteiger partial charge in [0.05, 0.1) is 6.54 Å². The average Bonchev–Trinajstić information content (AvgIpc) is 2.98. The van der Waals surface area contributed by atoms with Crippen molar-refractivity contribution in [2.24, 2.45) is 0 Å². The lowest BCUT2D eigenvalue weighted by Gasteiger charge is -2.24. The van der Waals surface area contributed by atoms with Gasteiger partial charge in [0.2, 0.25) is 11.8 Å². The molecular formula is C17H23FN6O2. The van der Waals surface area contributed by atoms with E-state index in [0.717, 1.165) is 5.56 Å². The van der Waals surface area contributed by atoms with Gasteiger partial charge in [0.25, 0.3) is 0 Å². The maximum absolute atomic E-state index is 13.1. The van der Waals surface area contributed by atoms with Gasteiger partial charge in [-0.15, -0.1) is 5.10 Å². The summed E-state index contributed by atoms with van der Waals surface area (Å²) in [4.78, 5) is 26.2. The highest BCUT2D eigenvalue weighted by Gasteiger charge is 2.28. The minimum absolute atomic E-state index is 0.0113. The topological polar surface area (TPSA) is 93.0 Å². The summed E-state index contributed by atoms with van der Waals surface area (Å²) in [5.41, 5.74) is 0.764. The molecule has 8 nitrogen and oxygen atoms in total. The number of likely N-dealkylation sites (N-methyl/N-ethyl adjacent to an activating group) is 1. The second-order valence-corrected chi connectivity index (χ2v) is 6.43. The maximum atomic E-state index is 13.1. The van der Waals surface area contributed by atoms with E-state index in [2.05, 4.69) is 20.8 Å². The normalized spacial score (nSPS) is 12.1. The van der Waals surface area contributed by atoms with Crippen LogP contribution < -0.4 is 5.32 Å². The number of nitrogens with one attached hydrogen (secondary N) is 1. The summed E-state index contributed by atoms with van der Waals surface area (Å²) in [7, 11) is 1.56. The summed E-state index contributed by atoms with van der Waals surface area (Å²) in [5.74, 6) is -0.420. The van der Waals surface area contributed by atoms with Gasteiger partial charge in [0, 0.05) is 19.5 Å². The molecule has 1 N–H and O–H groups in total. The van der Waals surface area contributed by atoms with Gasteiger partial charge < -0.3 is 10.2 Å². The van der Waals surface area contributed by atoms with Gasteiger partial charge in [-0.2, -0.15) is 0 Å². The molecule has 0 aliphatic carbocycles. The Labute approximate surface area is 151 Å². The Morgan fingerprint density at radius 2 is 1.92 bits per heavy atom. The molecule has 0 fully saturated rings. The van der Waals surface area contributed by atoms with Crippen molar-refractivity contribution in [1.82, 2.24) is 30.4 Å². The summed E-state index contributed by atoms with van der Waals surface area (Å²) >= 11 is 0. The minimum Gasteiger partial charge on any atom is -0.352 e. The lowest BCUT2D eigenvalue weighted by atomic mass is 10.0. The average molecular weight is 362 g/mol. The van der Waals surface area contributed by atoms with Crippen LogP contribution in [0.4, 0.5) is 4.39 Å². The smallest absolute Gasteiger partial charge is 0.248 e. The first-order valence-electron chi connectivity index (χ1n) is 8.31. The van der Waals surface area contributed by atoms with Crippen LogP contribution in [0.3, 0.4) is 0 Å². The van der Waals surface area contributed by atoms with Crippen LogP contribution in [0.25, 0.3) is 0 Å². The fourth-order valence-corrected chi connectivity index (χ4v) is 2.56. The van der Waals surface area contributed by atoms with Crippen molar-refractivity contribution in [2.45, 2.75) is 39.3 Å². The number of tetrazole rings is 1. The second kappa shape index (κ2) is 8.50. The molecule has 0 unspecified atom stereocenters. The maximum Gasteiger partial charge on any atom is 0.248 e. The second-order valence-electron chi connectivity index (χ2n) is 6.43. The number of carbonyl (C=O) groups is 2. The molecule has 0 aliphatic heterocycles. The fourth-order valence-electron chi connectivity index (χ4n) is 2.56. The van der Waals surface area contributed by atoms with E-state index in [1.807, 2.05) is 13.8 Å². The van der Waals surface area contributed by atoms with Gasteiger partial charge in [-0.25, -0.2) is 9.07 Å². The Morgan fingerprint density at radius 3 is 2.46 bits per heavy atom. The molecule has 2 amide bonds. The predicted molar refractivity (Wildman–Crippen MR) is 92.6 cm³/mol. The van der Waals surface area contributed by atoms with Gasteiger partial charge in [0.15, 0.2) is 0 Å². The molecule has 2 aromatic rings. The number of amides is 2. The molecular weight excluding hydrogens is 339 g/mol. The SMILES string of the molecule is Cc1nnnn1[C@H](Cc1ccc(F)cc1)C(=O)N(C)CC(=O)NC(C)C. The standard InChI is InChI=1S/C17H23FN6O2/c1-11(2)19-16(25)10-23(4)17(26)15(24-12(3)20-21-22-24)9-13-5-7-14(18)8-6-13/h5-8,11,15H,9-10H2,1-4H3,(H,19,25)/t15-/m1/s1. The van der Waals surface area contributed by atoms with Crippen LogP contribution in [0.15, 0.2) is 24.3 Å². The molecule has 0 spiro atoms. The van der Waals surface area contributed by atoms with Gasteiger partial charge in [0.1, 0.15) is 17.7 Å². The van der Waals surface area contributed by atoms with Crippen molar-refractivity contribution in [2.75, 3.05) is 13.6 Å². The number of hydrogen-bond acceptors (Lipinski definition) is 5. The van der Waals surface area contributed by atoms with Crippen molar-refractivity contribution in [3.05, 3.63) is 41.5 Å². The highest BCUT2D eigenvalue weighted by molar-refractivity contribution is 5.86. The van der Waals surface area contributed by atoms with Crippen LogP contribution in [-0.4, -0.2) is 56.6 Å². The summed E-state index contributed by atoms with van der Waals surface area (Å²) in [6.07, 6.45) is 0.279. The van der Waals surface area contributed by atoms with Crippen LogP contribution in [0.2, 0.25) is 0 Å². The number of benzene rings is 1. The van der Waals surface area contributed by atoms with Crippen LogP contribution in [0.1, 0.15) is 31.3 Å². The van der Waals surface area contributed by atoms with Gasteiger partial charge in [-0.1, -0.05) is 12.1 Å². The van der Waals surface area contributed by atoms with E-state index >= 15 is 0 Å². The molecule has 2 rings (SSSR count). The lowest BCUT2D eigenvalue weighted by Crippen LogP contribution is -2.44. The lowest BCUT2D eigenvalue weighted by molar-refractivity contribution is -0.137. The van der Waals surface area contributed by atoms with E-state index in [1.165, 1.54) is 21.7 Å². The van der Waals surface area contributed by atoms with E-state index in [9.17, 15) is 14.0 Å². The number of aromatic nitrogens is 4. The Hall–Kier alpha value is -2.84. The van der Waals surface area contributed by atoms with Crippen molar-refractivity contribution >= 4 is 11.8 Å². The molecule has 1 heterocycles. The number of halogens is 1. The van der Waals surface area contributed by atoms with Gasteiger partial charge >= 0.3 is 0 Å². The van der Waals surface area contributed by atoms with E-state index in [-0.39, 0.29) is 36.6 Å². The third-order valence-corrected chi connectivity index (χ3v) is 3.79. The quantitative estimate of drug-likeness (QED) is 0.789. The molecule has 0 saturated heterocycles. The zero-order valence-corrected chi connectivity index (χ0v) is 15.3. The first-order valence-corrected chi connectivity index (χ1v) is 8.31. The van der Waals surface area contributed by atoms with Gasteiger partial charge in [-0.05, 0) is 48.9 Å². The molecule has 0 saturated carbocycles. The first-order chi connectivity index (χ1) is 12.3. The van der Waals surface area contributed by atoms with E-state index in [4.69, 9.17) is 0 Å². The van der Waals surface area contributed by atoms with Crippen LogP contribution in [0, 0.1) is 12.7 Å². The third kappa shape index (κ3) is 5.08. The fraction of sp³-hybridized carbons (Fsp3) is 0.471. The summed E-state index contributed by atoms with van der Waals surface area (Å²) in [5, 5.41) is 14.1. The van der Waals surface area contributed by atoms with Crippen molar-refractivity contribution in [3.63, 3.8) is 0 Å². The van der Waals surface area contributed by atoms with Crippen LogP contribution in [0.5, 0.6) is 0 Å². The molecule has 9 heteroatoms. The predicted octanol–water partition coefficient (Wildman–Crippen LogP) is 0.887. The Balaban J connectivity index is 2.20. The van der Waals surface area contributed by atoms with Gasteiger partial charge in [-0.3, -0.25) is 9.59 Å². The van der Waals surface area contributed by atoms with E-state index < -0.39 is 6.04 Å². The molecule has 0 radical (unpaired) electrons. The molecule has 0 bridgehead atoms. The zero-order chi connectivity index (χ0) is 19.3. The molecule has 1 aromatic carbocycles. The van der Waals surface area contributed by atoms with E-state index in [1.54, 1.807) is 26.1 Å². The van der Waals surface area contributed by atoms with Crippen molar-refractivity contribution in [1.29, 1.82) is 0 Å². The number of aryl methyl sites for hydroxylation is 1. The highest BCUT2D eigenvalue weighted by Crippen LogP contribution is 2.17. The van der Waals surface area contributed by atoms with Crippen LogP contribution >= 0.6 is 0 Å². The molecule has 0 aliphatic rings. The third-order valence-electron chi connectivity index (χ3n) is 3.79. The molecule has 1 aromatic heterocycles. The molecule has 1 atom stereocenters. The Morgan fingerprint density at radius 1 is 1.27 bits per heavy atom. The summed E-state index contributed by atoms with van der Waals surface area (Å²) < 4.78 is 14.6. The number of rotatable bonds is 7. The number of carbonyl (C=O) groups excluding carboxylic acids is 2. The summed E-state index contributed by atoms with van der Waals surface area (Å²) in [6, 6.07) is 5.16. The summed E-state index contributed by atoms with van der Waals surface area (Å²) in [6.45, 7) is 5.32. The number of nitrogens with zero attached hydrogens (tertiary/aromatic N) is 5. The number of hydrogen-bond donors (Lipinski definition) is 1. The monoisotopic (exact) mass is 362 g/mol. The Bertz CT molecular complexity index is 759. The minimum atomic E-state index is -0.729. The molecule has 26 heavy (non-hydrogen) atoms. The van der Waals surface area contributed by atoms with E-state index in [0.29, 0.717) is 5.82 Å². The molecule has 140 valence electrons.